The Bertz CT molecular complexity index is 507. The van der Waals surface area contributed by atoms with E-state index in [9.17, 15) is 9.90 Å². The van der Waals surface area contributed by atoms with E-state index in [1.165, 1.54) is 0 Å². The number of amides is 2. The fraction of sp³-hybridized carbons (Fsp3) is 0.588. The van der Waals surface area contributed by atoms with E-state index in [0.29, 0.717) is 19.1 Å². The number of carbonyl (C=O) groups excluding carboxylic acids is 1. The summed E-state index contributed by atoms with van der Waals surface area (Å²) in [4.78, 5) is 12.0. The van der Waals surface area contributed by atoms with E-state index in [-0.39, 0.29) is 25.2 Å². The van der Waals surface area contributed by atoms with Crippen molar-refractivity contribution in [3.8, 4) is 5.75 Å². The molecule has 3 N–H and O–H groups in total. The van der Waals surface area contributed by atoms with Gasteiger partial charge in [0.25, 0.3) is 0 Å². The molecule has 0 saturated carbocycles. The van der Waals surface area contributed by atoms with Crippen LogP contribution in [0.5, 0.6) is 5.75 Å². The number of ether oxygens (including phenoxy) is 2. The summed E-state index contributed by atoms with van der Waals surface area (Å²) >= 11 is 0. The van der Waals surface area contributed by atoms with Crippen LogP contribution in [0.15, 0.2) is 24.3 Å². The van der Waals surface area contributed by atoms with E-state index in [2.05, 4.69) is 10.6 Å². The molecule has 0 saturated heterocycles. The number of urea groups is 1. The molecule has 1 heterocycles. The number of benzene rings is 1. The summed E-state index contributed by atoms with van der Waals surface area (Å²) in [6.07, 6.45) is 0.0197. The normalized spacial score (nSPS) is 18.0. The molecule has 2 rings (SSSR count). The van der Waals surface area contributed by atoms with Crippen LogP contribution >= 0.6 is 0 Å². The maximum absolute atomic E-state index is 12.0. The summed E-state index contributed by atoms with van der Waals surface area (Å²) in [6, 6.07) is 7.32. The van der Waals surface area contributed by atoms with Crippen LogP contribution in [0.25, 0.3) is 0 Å². The van der Waals surface area contributed by atoms with Gasteiger partial charge >= 0.3 is 6.03 Å². The first-order valence-electron chi connectivity index (χ1n) is 8.08. The highest BCUT2D eigenvalue weighted by Crippen LogP contribution is 2.31. The number of carbonyl (C=O) groups is 1. The van der Waals surface area contributed by atoms with Crippen molar-refractivity contribution in [3.05, 3.63) is 29.8 Å². The molecule has 0 radical (unpaired) electrons. The summed E-state index contributed by atoms with van der Waals surface area (Å²) < 4.78 is 10.9. The molecule has 1 aliphatic rings. The Morgan fingerprint density at radius 2 is 2.17 bits per heavy atom. The van der Waals surface area contributed by atoms with Crippen LogP contribution in [0.4, 0.5) is 4.79 Å². The van der Waals surface area contributed by atoms with Gasteiger partial charge in [0, 0.05) is 25.1 Å². The predicted molar refractivity (Wildman–Crippen MR) is 87.5 cm³/mol. The number of nitrogens with one attached hydrogen (secondary N) is 2. The second-order valence-corrected chi connectivity index (χ2v) is 6.17. The molecule has 0 aliphatic carbocycles. The van der Waals surface area contributed by atoms with Crippen molar-refractivity contribution >= 4 is 6.03 Å². The molecule has 0 bridgehead atoms. The third-order valence-electron chi connectivity index (χ3n) is 3.52. The van der Waals surface area contributed by atoms with Gasteiger partial charge in [-0.15, -0.1) is 0 Å². The van der Waals surface area contributed by atoms with E-state index in [4.69, 9.17) is 9.47 Å². The lowest BCUT2D eigenvalue weighted by Crippen LogP contribution is -2.43. The van der Waals surface area contributed by atoms with Gasteiger partial charge in [-0.2, -0.15) is 0 Å². The van der Waals surface area contributed by atoms with E-state index >= 15 is 0 Å². The number of aliphatic hydroxyl groups excluding tert-OH is 1. The Kier molecular flexibility index (Phi) is 6.67. The average molecular weight is 322 g/mol. The Labute approximate surface area is 137 Å². The maximum atomic E-state index is 12.0. The van der Waals surface area contributed by atoms with Crippen LogP contribution in [0.1, 0.15) is 31.9 Å². The summed E-state index contributed by atoms with van der Waals surface area (Å²) in [6.45, 7) is 5.65. The summed E-state index contributed by atoms with van der Waals surface area (Å²) in [5.74, 6) is 1.23. The Balaban J connectivity index is 1.73. The third-order valence-corrected chi connectivity index (χ3v) is 3.52. The SMILES string of the molecule is CC(C)COC[C@H](O)CNC(=O)N[C@@H]1CCOc2ccccc21. The molecule has 1 aromatic carbocycles. The zero-order valence-corrected chi connectivity index (χ0v) is 13.7. The van der Waals surface area contributed by atoms with Gasteiger partial charge in [0.15, 0.2) is 0 Å². The largest absolute Gasteiger partial charge is 0.493 e. The molecule has 1 aromatic rings. The second kappa shape index (κ2) is 8.74. The minimum absolute atomic E-state index is 0.0747. The maximum Gasteiger partial charge on any atom is 0.315 e. The number of fused-ring (bicyclic) bond motifs is 1. The van der Waals surface area contributed by atoms with Crippen LogP contribution in [-0.4, -0.2) is 43.6 Å². The van der Waals surface area contributed by atoms with Gasteiger partial charge in [-0.05, 0) is 12.0 Å². The zero-order chi connectivity index (χ0) is 16.7. The minimum Gasteiger partial charge on any atom is -0.493 e. The number of para-hydroxylation sites is 1. The highest BCUT2D eigenvalue weighted by molar-refractivity contribution is 5.74. The van der Waals surface area contributed by atoms with Crippen LogP contribution in [0, 0.1) is 5.92 Å². The van der Waals surface area contributed by atoms with E-state index in [1.54, 1.807) is 0 Å². The van der Waals surface area contributed by atoms with Crippen LogP contribution in [0.2, 0.25) is 0 Å². The van der Waals surface area contributed by atoms with Crippen molar-refractivity contribution in [1.29, 1.82) is 0 Å². The van der Waals surface area contributed by atoms with Crippen molar-refractivity contribution < 1.29 is 19.4 Å². The minimum atomic E-state index is -0.707. The fourth-order valence-electron chi connectivity index (χ4n) is 2.41. The second-order valence-electron chi connectivity index (χ2n) is 6.17. The predicted octanol–water partition coefficient (Wildman–Crippen LogP) is 1.84. The summed E-state index contributed by atoms with van der Waals surface area (Å²) in [7, 11) is 0. The fourth-order valence-corrected chi connectivity index (χ4v) is 2.41. The van der Waals surface area contributed by atoms with E-state index < -0.39 is 6.10 Å². The lowest BCUT2D eigenvalue weighted by molar-refractivity contribution is 0.0272. The molecule has 2 amide bonds. The van der Waals surface area contributed by atoms with Crippen molar-refractivity contribution in [2.24, 2.45) is 5.92 Å². The molecule has 6 heteroatoms. The van der Waals surface area contributed by atoms with Crippen LogP contribution in [-0.2, 0) is 4.74 Å². The first-order valence-corrected chi connectivity index (χ1v) is 8.08. The lowest BCUT2D eigenvalue weighted by Gasteiger charge is -2.26. The molecule has 128 valence electrons. The average Bonchev–Trinajstić information content (AvgIpc) is 2.53. The molecule has 6 nitrogen and oxygen atoms in total. The van der Waals surface area contributed by atoms with Crippen molar-refractivity contribution in [3.63, 3.8) is 0 Å². The smallest absolute Gasteiger partial charge is 0.315 e. The van der Waals surface area contributed by atoms with E-state index in [1.807, 2.05) is 38.1 Å². The van der Waals surface area contributed by atoms with Gasteiger partial charge in [0.2, 0.25) is 0 Å². The Morgan fingerprint density at radius 3 is 2.96 bits per heavy atom. The Morgan fingerprint density at radius 1 is 1.39 bits per heavy atom. The molecule has 0 fully saturated rings. The molecular formula is C17H26N2O4. The third kappa shape index (κ3) is 5.73. The number of aliphatic hydroxyl groups is 1. The van der Waals surface area contributed by atoms with Gasteiger partial charge in [0.1, 0.15) is 5.75 Å². The molecule has 0 spiro atoms. The van der Waals surface area contributed by atoms with Crippen molar-refractivity contribution in [2.75, 3.05) is 26.4 Å². The monoisotopic (exact) mass is 322 g/mol. The quantitative estimate of drug-likeness (QED) is 0.716. The standard InChI is InChI=1S/C17H26N2O4/c1-12(2)10-22-11-13(20)9-18-17(21)19-15-7-8-23-16-6-4-3-5-14(15)16/h3-6,12-13,15,20H,7-11H2,1-2H3,(H2,18,19,21)/t13-,15-/m1/s1. The lowest BCUT2D eigenvalue weighted by atomic mass is 10.0. The molecule has 23 heavy (non-hydrogen) atoms. The summed E-state index contributed by atoms with van der Waals surface area (Å²) in [5, 5.41) is 15.4. The molecule has 2 atom stereocenters. The van der Waals surface area contributed by atoms with E-state index in [0.717, 1.165) is 17.7 Å². The van der Waals surface area contributed by atoms with Crippen LogP contribution in [0.3, 0.4) is 0 Å². The number of hydrogen-bond acceptors (Lipinski definition) is 4. The zero-order valence-electron chi connectivity index (χ0n) is 13.7. The van der Waals surface area contributed by atoms with Gasteiger partial charge in [-0.3, -0.25) is 0 Å². The number of hydrogen-bond donors (Lipinski definition) is 3. The Hall–Kier alpha value is -1.79. The van der Waals surface area contributed by atoms with Crippen molar-refractivity contribution in [2.45, 2.75) is 32.4 Å². The first-order chi connectivity index (χ1) is 11.1. The molecular weight excluding hydrogens is 296 g/mol. The van der Waals surface area contributed by atoms with Crippen LogP contribution < -0.4 is 15.4 Å². The van der Waals surface area contributed by atoms with Gasteiger partial charge < -0.3 is 25.2 Å². The van der Waals surface area contributed by atoms with Gasteiger partial charge in [-0.25, -0.2) is 4.79 Å². The highest BCUT2D eigenvalue weighted by atomic mass is 16.5. The highest BCUT2D eigenvalue weighted by Gasteiger charge is 2.22. The molecule has 0 unspecified atom stereocenters. The molecule has 0 aromatic heterocycles. The topological polar surface area (TPSA) is 79.8 Å². The number of rotatable bonds is 7. The van der Waals surface area contributed by atoms with Gasteiger partial charge in [-0.1, -0.05) is 32.0 Å². The molecule has 1 aliphatic heterocycles. The van der Waals surface area contributed by atoms with Gasteiger partial charge in [0.05, 0.1) is 25.4 Å². The first kappa shape index (κ1) is 17.6. The summed E-state index contributed by atoms with van der Waals surface area (Å²) in [5.41, 5.74) is 0.981. The van der Waals surface area contributed by atoms with Crippen molar-refractivity contribution in [1.82, 2.24) is 10.6 Å².